The summed E-state index contributed by atoms with van der Waals surface area (Å²) in [5.74, 6) is -2.31. The van der Waals surface area contributed by atoms with Gasteiger partial charge < -0.3 is 19.0 Å². The van der Waals surface area contributed by atoms with Gasteiger partial charge in [0.1, 0.15) is 0 Å². The molecule has 0 fully saturated rings. The predicted molar refractivity (Wildman–Crippen MR) is 268 cm³/mol. The molecule has 0 aliphatic heterocycles. The predicted octanol–water partition coefficient (Wildman–Crippen LogP) is 18.0. The summed E-state index contributed by atoms with van der Waals surface area (Å²) in [6, 6.07) is 0. The summed E-state index contributed by atoms with van der Waals surface area (Å²) in [5, 5.41) is 0. The van der Waals surface area contributed by atoms with Gasteiger partial charge in [-0.1, -0.05) is 211 Å². The molecule has 0 bridgehead atoms. The molecule has 0 saturated carbocycles. The van der Waals surface area contributed by atoms with Gasteiger partial charge in [-0.15, -0.1) is 0 Å². The van der Waals surface area contributed by atoms with Crippen molar-refractivity contribution >= 4 is 25.7 Å². The van der Waals surface area contributed by atoms with Crippen LogP contribution in [0.3, 0.4) is 0 Å². The molecule has 63 heavy (non-hydrogen) atoms. The number of unbranched alkanes of at least 4 members (excludes halogenated alkanes) is 33. The van der Waals surface area contributed by atoms with E-state index < -0.39 is 25.7 Å². The van der Waals surface area contributed by atoms with Gasteiger partial charge in [-0.05, 0) is 96.3 Å². The molecule has 0 unspecified atom stereocenters. The maximum atomic E-state index is 13.6. The van der Waals surface area contributed by atoms with E-state index in [9.17, 15) is 18.9 Å². The zero-order valence-corrected chi connectivity index (χ0v) is 42.4. The lowest BCUT2D eigenvalue weighted by Gasteiger charge is -2.16. The quantitative estimate of drug-likeness (QED) is 0.0338. The minimum Gasteiger partial charge on any atom is -0.412 e. The van der Waals surface area contributed by atoms with Gasteiger partial charge in [0.2, 0.25) is 0 Å². The molecular formula is C54H101O8P. The Balaban J connectivity index is 0. The number of hydrogen-bond acceptors (Lipinski definition) is 7. The van der Waals surface area contributed by atoms with E-state index in [-0.39, 0.29) is 24.7 Å². The second-order valence-electron chi connectivity index (χ2n) is 17.8. The van der Waals surface area contributed by atoms with Crippen LogP contribution in [0.1, 0.15) is 290 Å². The molecule has 8 nitrogen and oxygen atoms in total. The van der Waals surface area contributed by atoms with E-state index in [1.165, 1.54) is 116 Å². The largest absolute Gasteiger partial charge is 0.653 e. The van der Waals surface area contributed by atoms with Gasteiger partial charge in [0, 0.05) is 19.3 Å². The molecule has 0 aromatic carbocycles. The summed E-state index contributed by atoms with van der Waals surface area (Å²) in [4.78, 5) is 38.3. The maximum Gasteiger partial charge on any atom is 0.653 e. The minimum atomic E-state index is -4.73. The van der Waals surface area contributed by atoms with E-state index in [0.29, 0.717) is 19.3 Å². The maximum absolute atomic E-state index is 13.6. The molecule has 0 amide bonds. The summed E-state index contributed by atoms with van der Waals surface area (Å²) in [5.41, 5.74) is 0. The normalized spacial score (nSPS) is 12.6. The Labute approximate surface area is 389 Å². The van der Waals surface area contributed by atoms with Crippen LogP contribution < -0.4 is 0 Å². The van der Waals surface area contributed by atoms with Gasteiger partial charge in [-0.25, -0.2) is 0 Å². The van der Waals surface area contributed by atoms with E-state index in [2.05, 4.69) is 57.2 Å². The number of hydrogen-bond donors (Lipinski definition) is 0. The Hall–Kier alpha value is -2.18. The Bertz CT molecular complexity index is 1010. The van der Waals surface area contributed by atoms with Crippen molar-refractivity contribution in [1.82, 2.24) is 0 Å². The van der Waals surface area contributed by atoms with Crippen LogP contribution in [-0.4, -0.2) is 23.4 Å². The average Bonchev–Trinajstić information content (AvgIpc) is 3.24. The summed E-state index contributed by atoms with van der Waals surface area (Å²) in [7, 11) is -4.73. The number of allylic oxidation sites excluding steroid dienone is 6. The molecule has 370 valence electrons. The first-order valence-electron chi connectivity index (χ1n) is 26.6. The number of phosphoric acid groups is 1. The Morgan fingerprint density at radius 3 is 0.683 bits per heavy atom. The SMILES string of the molecule is CCCCCCCCC=CCCCCCCCC(=O)OP(=O)(OC(=O)CCCCCCCC=CCCCCCCCC)OC(=O)CCCCCCCC=CCCCCCCCC.O. The van der Waals surface area contributed by atoms with Gasteiger partial charge in [0.05, 0.1) is 0 Å². The second-order valence-corrected chi connectivity index (χ2v) is 19.3. The van der Waals surface area contributed by atoms with E-state index in [1.807, 2.05) is 0 Å². The molecule has 0 atom stereocenters. The smallest absolute Gasteiger partial charge is 0.412 e. The van der Waals surface area contributed by atoms with Crippen molar-refractivity contribution in [3.63, 3.8) is 0 Å². The fraction of sp³-hybridized carbons (Fsp3) is 0.833. The van der Waals surface area contributed by atoms with Gasteiger partial charge >= 0.3 is 25.7 Å². The highest BCUT2D eigenvalue weighted by Crippen LogP contribution is 2.51. The Morgan fingerprint density at radius 2 is 0.476 bits per heavy atom. The first kappa shape index (κ1) is 62.9. The van der Waals surface area contributed by atoms with Crippen molar-refractivity contribution in [3.8, 4) is 0 Å². The van der Waals surface area contributed by atoms with Crippen molar-refractivity contribution in [1.29, 1.82) is 0 Å². The highest BCUT2D eigenvalue weighted by molar-refractivity contribution is 7.50. The first-order valence-corrected chi connectivity index (χ1v) is 28.0. The van der Waals surface area contributed by atoms with Crippen LogP contribution >= 0.6 is 7.82 Å². The third-order valence-corrected chi connectivity index (χ3v) is 12.9. The zero-order valence-electron chi connectivity index (χ0n) is 41.5. The average molecular weight is 909 g/mol. The van der Waals surface area contributed by atoms with E-state index in [4.69, 9.17) is 13.6 Å². The van der Waals surface area contributed by atoms with Crippen LogP contribution in [0.25, 0.3) is 0 Å². The summed E-state index contributed by atoms with van der Waals surface area (Å²) in [6.07, 6.45) is 58.2. The molecule has 0 aromatic rings. The molecule has 0 aliphatic carbocycles. The van der Waals surface area contributed by atoms with Crippen molar-refractivity contribution in [2.75, 3.05) is 0 Å². The summed E-state index contributed by atoms with van der Waals surface area (Å²) < 4.78 is 29.1. The van der Waals surface area contributed by atoms with Crippen molar-refractivity contribution in [3.05, 3.63) is 36.5 Å². The molecule has 9 heteroatoms. The molecule has 0 heterocycles. The second kappa shape index (κ2) is 50.8. The fourth-order valence-corrected chi connectivity index (χ4v) is 8.72. The van der Waals surface area contributed by atoms with E-state index in [0.717, 1.165) is 116 Å². The first-order chi connectivity index (χ1) is 30.4. The Morgan fingerprint density at radius 1 is 0.302 bits per heavy atom. The molecular weight excluding hydrogens is 808 g/mol. The lowest BCUT2D eigenvalue weighted by Crippen LogP contribution is -2.14. The molecule has 0 radical (unpaired) electrons. The van der Waals surface area contributed by atoms with E-state index in [1.54, 1.807) is 0 Å². The van der Waals surface area contributed by atoms with Crippen LogP contribution in [-0.2, 0) is 32.5 Å². The minimum absolute atomic E-state index is 0. The van der Waals surface area contributed by atoms with Crippen LogP contribution in [0.15, 0.2) is 36.5 Å². The topological polar surface area (TPSA) is 127 Å². The van der Waals surface area contributed by atoms with Crippen LogP contribution in [0, 0.1) is 0 Å². The summed E-state index contributed by atoms with van der Waals surface area (Å²) >= 11 is 0. The lowest BCUT2D eigenvalue weighted by molar-refractivity contribution is -0.144. The van der Waals surface area contributed by atoms with Crippen molar-refractivity contribution < 1.29 is 38.0 Å². The van der Waals surface area contributed by atoms with Crippen molar-refractivity contribution in [2.24, 2.45) is 0 Å². The molecule has 0 saturated heterocycles. The number of phosphoric ester groups is 1. The van der Waals surface area contributed by atoms with Gasteiger partial charge in [-0.3, -0.25) is 14.4 Å². The van der Waals surface area contributed by atoms with Gasteiger partial charge in [0.15, 0.2) is 0 Å². The summed E-state index contributed by atoms with van der Waals surface area (Å²) in [6.45, 7) is 6.75. The van der Waals surface area contributed by atoms with Crippen LogP contribution in [0.4, 0.5) is 0 Å². The molecule has 0 aromatic heterocycles. The standard InChI is InChI=1S/C54H99O7P.H2O/c1-4-7-10-13-16-19-22-25-28-31-34-37-40-43-46-49-52(55)59-62(58,60-53(56)50-47-44-41-38-35-32-29-26-23-20-17-14-11-8-5-2)61-54(57)51-48-45-42-39-36-33-30-27-24-21-18-15-12-9-6-3;/h25-30H,4-24,31-51H2,1-3H3;1H2. The monoisotopic (exact) mass is 909 g/mol. The molecule has 0 spiro atoms. The van der Waals surface area contributed by atoms with Gasteiger partial charge in [0.25, 0.3) is 0 Å². The third kappa shape index (κ3) is 49.1. The zero-order chi connectivity index (χ0) is 45.3. The number of carbonyl (C=O) groups is 3. The van der Waals surface area contributed by atoms with Gasteiger partial charge in [-0.2, -0.15) is 4.57 Å². The van der Waals surface area contributed by atoms with E-state index >= 15 is 0 Å². The number of rotatable bonds is 48. The fourth-order valence-electron chi connectivity index (χ4n) is 7.59. The van der Waals surface area contributed by atoms with Crippen LogP contribution in [0.5, 0.6) is 0 Å². The third-order valence-electron chi connectivity index (χ3n) is 11.6. The Kier molecular flexibility index (Phi) is 50.7. The molecule has 0 aliphatic rings. The number of carbonyl (C=O) groups excluding carboxylic acids is 3. The van der Waals surface area contributed by atoms with Crippen molar-refractivity contribution in [2.45, 2.75) is 290 Å². The lowest BCUT2D eigenvalue weighted by atomic mass is 10.1. The highest BCUT2D eigenvalue weighted by atomic mass is 31.2. The van der Waals surface area contributed by atoms with Crippen LogP contribution in [0.2, 0.25) is 0 Å². The highest BCUT2D eigenvalue weighted by Gasteiger charge is 2.39. The molecule has 2 N–H and O–H groups in total. The molecule has 0 rings (SSSR count).